The fourth-order valence-corrected chi connectivity index (χ4v) is 3.10. The zero-order valence-electron chi connectivity index (χ0n) is 15.2. The summed E-state index contributed by atoms with van der Waals surface area (Å²) in [6.07, 6.45) is 1.23. The van der Waals surface area contributed by atoms with Crippen molar-refractivity contribution in [2.45, 2.75) is 32.4 Å². The number of amides is 1. The molecule has 7 heteroatoms. The Morgan fingerprint density at radius 1 is 1.22 bits per heavy atom. The molecule has 1 fully saturated rings. The number of rotatable bonds is 7. The highest BCUT2D eigenvalue weighted by Crippen LogP contribution is 2.22. The molecule has 0 unspecified atom stereocenters. The standard InChI is InChI=1S/C20H23NO6/c1-14-15(13-26-17-5-3-2-4-6-17)11-18(27-14)20(24)21(12-19(22)23)16-7-9-25-10-8-16/h2-6,11,16H,7-10,12-13H2,1H3,(H,22,23). The van der Waals surface area contributed by atoms with Gasteiger partial charge in [0, 0.05) is 24.8 Å². The van der Waals surface area contributed by atoms with Crippen molar-refractivity contribution < 1.29 is 28.6 Å². The Kier molecular flexibility index (Phi) is 6.13. The van der Waals surface area contributed by atoms with Gasteiger partial charge in [-0.3, -0.25) is 9.59 Å². The van der Waals surface area contributed by atoms with Crippen LogP contribution in [0.5, 0.6) is 5.75 Å². The number of carboxylic acid groups (broad SMARTS) is 1. The third-order valence-electron chi connectivity index (χ3n) is 4.57. The molecule has 1 saturated heterocycles. The molecule has 144 valence electrons. The molecule has 1 aliphatic rings. The second kappa shape index (κ2) is 8.73. The van der Waals surface area contributed by atoms with Crippen molar-refractivity contribution >= 4 is 11.9 Å². The van der Waals surface area contributed by atoms with Gasteiger partial charge < -0.3 is 23.9 Å². The van der Waals surface area contributed by atoms with E-state index in [0.29, 0.717) is 31.8 Å². The van der Waals surface area contributed by atoms with Crippen LogP contribution in [0.3, 0.4) is 0 Å². The molecular weight excluding hydrogens is 350 g/mol. The van der Waals surface area contributed by atoms with Crippen molar-refractivity contribution in [3.63, 3.8) is 0 Å². The Balaban J connectivity index is 1.73. The van der Waals surface area contributed by atoms with Crippen molar-refractivity contribution in [3.05, 3.63) is 53.5 Å². The molecule has 0 radical (unpaired) electrons. The van der Waals surface area contributed by atoms with Crippen LogP contribution in [0.25, 0.3) is 0 Å². The zero-order valence-corrected chi connectivity index (χ0v) is 15.2. The Morgan fingerprint density at radius 2 is 1.93 bits per heavy atom. The minimum Gasteiger partial charge on any atom is -0.489 e. The van der Waals surface area contributed by atoms with Gasteiger partial charge in [-0.1, -0.05) is 18.2 Å². The predicted octanol–water partition coefficient (Wildman–Crippen LogP) is 2.87. The number of ether oxygens (including phenoxy) is 2. The number of aliphatic carboxylic acids is 1. The molecular formula is C20H23NO6. The van der Waals surface area contributed by atoms with Crippen LogP contribution in [-0.4, -0.2) is 47.7 Å². The molecule has 1 N–H and O–H groups in total. The summed E-state index contributed by atoms with van der Waals surface area (Å²) in [5.74, 6) is -0.0340. The van der Waals surface area contributed by atoms with Gasteiger partial charge in [-0.2, -0.15) is 0 Å². The van der Waals surface area contributed by atoms with Crippen LogP contribution in [0.1, 0.15) is 34.7 Å². The Hall–Kier alpha value is -2.80. The molecule has 1 amide bonds. The number of hydrogen-bond donors (Lipinski definition) is 1. The highest BCUT2D eigenvalue weighted by atomic mass is 16.5. The highest BCUT2D eigenvalue weighted by molar-refractivity contribution is 5.94. The lowest BCUT2D eigenvalue weighted by molar-refractivity contribution is -0.138. The van der Waals surface area contributed by atoms with Gasteiger partial charge in [0.15, 0.2) is 5.76 Å². The van der Waals surface area contributed by atoms with Crippen molar-refractivity contribution in [2.75, 3.05) is 19.8 Å². The lowest BCUT2D eigenvalue weighted by atomic mass is 10.1. The SMILES string of the molecule is Cc1oc(C(=O)N(CC(=O)O)C2CCOCC2)cc1COc1ccccc1. The molecule has 0 atom stereocenters. The van der Waals surface area contributed by atoms with E-state index >= 15 is 0 Å². The van der Waals surface area contributed by atoms with Crippen molar-refractivity contribution in [1.29, 1.82) is 0 Å². The summed E-state index contributed by atoms with van der Waals surface area (Å²) in [6.45, 7) is 2.70. The molecule has 0 aliphatic carbocycles. The van der Waals surface area contributed by atoms with E-state index in [9.17, 15) is 14.7 Å². The Labute approximate surface area is 157 Å². The van der Waals surface area contributed by atoms with E-state index in [1.54, 1.807) is 13.0 Å². The van der Waals surface area contributed by atoms with E-state index in [-0.39, 0.29) is 25.0 Å². The summed E-state index contributed by atoms with van der Waals surface area (Å²) >= 11 is 0. The molecule has 3 rings (SSSR count). The van der Waals surface area contributed by atoms with E-state index in [4.69, 9.17) is 13.9 Å². The van der Waals surface area contributed by atoms with Crippen LogP contribution in [0.15, 0.2) is 40.8 Å². The van der Waals surface area contributed by atoms with Gasteiger partial charge in [0.1, 0.15) is 24.7 Å². The van der Waals surface area contributed by atoms with Crippen molar-refractivity contribution in [3.8, 4) is 5.75 Å². The number of para-hydroxylation sites is 1. The summed E-state index contributed by atoms with van der Waals surface area (Å²) in [6, 6.07) is 10.8. The normalized spacial score (nSPS) is 14.7. The summed E-state index contributed by atoms with van der Waals surface area (Å²) in [5.41, 5.74) is 0.754. The van der Waals surface area contributed by atoms with E-state index in [1.165, 1.54) is 4.90 Å². The topological polar surface area (TPSA) is 89.2 Å². The molecule has 27 heavy (non-hydrogen) atoms. The number of furan rings is 1. The molecule has 7 nitrogen and oxygen atoms in total. The second-order valence-electron chi connectivity index (χ2n) is 6.46. The van der Waals surface area contributed by atoms with Crippen molar-refractivity contribution in [2.24, 2.45) is 0 Å². The molecule has 1 aromatic heterocycles. The van der Waals surface area contributed by atoms with Gasteiger partial charge in [-0.25, -0.2) is 0 Å². The molecule has 0 saturated carbocycles. The maximum atomic E-state index is 12.9. The number of carbonyl (C=O) groups is 2. The average Bonchev–Trinajstić information content (AvgIpc) is 3.06. The maximum Gasteiger partial charge on any atom is 0.323 e. The smallest absolute Gasteiger partial charge is 0.323 e. The first-order valence-corrected chi connectivity index (χ1v) is 8.92. The first-order valence-electron chi connectivity index (χ1n) is 8.92. The average molecular weight is 373 g/mol. The van der Waals surface area contributed by atoms with Crippen LogP contribution >= 0.6 is 0 Å². The van der Waals surface area contributed by atoms with Gasteiger partial charge in [0.25, 0.3) is 5.91 Å². The second-order valence-corrected chi connectivity index (χ2v) is 6.46. The van der Waals surface area contributed by atoms with Crippen LogP contribution < -0.4 is 4.74 Å². The van der Waals surface area contributed by atoms with E-state index in [1.807, 2.05) is 30.3 Å². The van der Waals surface area contributed by atoms with Crippen LogP contribution in [-0.2, 0) is 16.1 Å². The number of nitrogens with zero attached hydrogens (tertiary/aromatic N) is 1. The minimum absolute atomic E-state index is 0.131. The highest BCUT2D eigenvalue weighted by Gasteiger charge is 2.30. The first kappa shape index (κ1) is 19.0. The van der Waals surface area contributed by atoms with E-state index in [0.717, 1.165) is 11.3 Å². The Bertz CT molecular complexity index is 779. The monoisotopic (exact) mass is 373 g/mol. The lowest BCUT2D eigenvalue weighted by Gasteiger charge is -2.32. The van der Waals surface area contributed by atoms with Crippen LogP contribution in [0.2, 0.25) is 0 Å². The fraction of sp³-hybridized carbons (Fsp3) is 0.400. The largest absolute Gasteiger partial charge is 0.489 e. The third kappa shape index (κ3) is 4.89. The summed E-state index contributed by atoms with van der Waals surface area (Å²) in [4.78, 5) is 25.5. The molecule has 0 bridgehead atoms. The van der Waals surface area contributed by atoms with Gasteiger partial charge in [0.2, 0.25) is 0 Å². The molecule has 2 aromatic rings. The fourth-order valence-electron chi connectivity index (χ4n) is 3.10. The lowest BCUT2D eigenvalue weighted by Crippen LogP contribution is -2.46. The predicted molar refractivity (Wildman–Crippen MR) is 96.7 cm³/mol. The molecule has 2 heterocycles. The van der Waals surface area contributed by atoms with Gasteiger partial charge in [-0.05, 0) is 38.0 Å². The van der Waals surface area contributed by atoms with E-state index in [2.05, 4.69) is 0 Å². The van der Waals surface area contributed by atoms with Gasteiger partial charge >= 0.3 is 5.97 Å². The number of benzene rings is 1. The van der Waals surface area contributed by atoms with Crippen LogP contribution in [0.4, 0.5) is 0 Å². The van der Waals surface area contributed by atoms with Gasteiger partial charge in [-0.15, -0.1) is 0 Å². The maximum absolute atomic E-state index is 12.9. The molecule has 1 aromatic carbocycles. The summed E-state index contributed by atoms with van der Waals surface area (Å²) in [5, 5.41) is 9.20. The minimum atomic E-state index is -1.05. The van der Waals surface area contributed by atoms with Gasteiger partial charge in [0.05, 0.1) is 0 Å². The summed E-state index contributed by atoms with van der Waals surface area (Å²) < 4.78 is 16.6. The number of hydrogen-bond acceptors (Lipinski definition) is 5. The van der Waals surface area contributed by atoms with E-state index < -0.39 is 11.9 Å². The Morgan fingerprint density at radius 3 is 2.59 bits per heavy atom. The van der Waals surface area contributed by atoms with Crippen molar-refractivity contribution in [1.82, 2.24) is 4.90 Å². The first-order chi connectivity index (χ1) is 13.0. The third-order valence-corrected chi connectivity index (χ3v) is 4.57. The number of carboxylic acids is 1. The molecule has 0 spiro atoms. The van der Waals surface area contributed by atoms with Crippen LogP contribution in [0, 0.1) is 6.92 Å². The quantitative estimate of drug-likeness (QED) is 0.803. The summed E-state index contributed by atoms with van der Waals surface area (Å²) in [7, 11) is 0. The zero-order chi connectivity index (χ0) is 19.2. The molecule has 1 aliphatic heterocycles. The number of aryl methyl sites for hydroxylation is 1. The number of carbonyl (C=O) groups excluding carboxylic acids is 1.